The number of hydrogen-bond acceptors (Lipinski definition) is 1. The Morgan fingerprint density at radius 1 is 1.17 bits per heavy atom. The average molecular weight is 242 g/mol. The fraction of sp³-hybridized carbons (Fsp3) is 0.188. The number of hydrogen-bond donors (Lipinski definition) is 0. The SMILES string of the molecule is CCc1ccc(-c2ccc(F)cc2C)cc1C=O. The molecule has 0 aliphatic heterocycles. The Morgan fingerprint density at radius 3 is 2.56 bits per heavy atom. The minimum absolute atomic E-state index is 0.239. The van der Waals surface area contributed by atoms with Crippen molar-refractivity contribution >= 4 is 6.29 Å². The smallest absolute Gasteiger partial charge is 0.150 e. The molecule has 2 aromatic carbocycles. The molecule has 0 aliphatic carbocycles. The molecule has 0 spiro atoms. The number of aryl methyl sites for hydroxylation is 2. The van der Waals surface area contributed by atoms with Gasteiger partial charge in [0.05, 0.1) is 0 Å². The van der Waals surface area contributed by atoms with Crippen LogP contribution < -0.4 is 0 Å². The van der Waals surface area contributed by atoms with E-state index in [2.05, 4.69) is 0 Å². The maximum absolute atomic E-state index is 13.1. The van der Waals surface area contributed by atoms with Gasteiger partial charge in [0.2, 0.25) is 0 Å². The molecule has 0 saturated carbocycles. The van der Waals surface area contributed by atoms with Crippen LogP contribution in [0.5, 0.6) is 0 Å². The van der Waals surface area contributed by atoms with Gasteiger partial charge >= 0.3 is 0 Å². The first kappa shape index (κ1) is 12.5. The minimum Gasteiger partial charge on any atom is -0.298 e. The van der Waals surface area contributed by atoms with E-state index in [1.807, 2.05) is 32.0 Å². The average Bonchev–Trinajstić information content (AvgIpc) is 2.38. The largest absolute Gasteiger partial charge is 0.298 e. The molecule has 0 fully saturated rings. The molecule has 0 aliphatic rings. The van der Waals surface area contributed by atoms with Crippen LogP contribution in [-0.2, 0) is 6.42 Å². The highest BCUT2D eigenvalue weighted by Crippen LogP contribution is 2.26. The van der Waals surface area contributed by atoms with Gasteiger partial charge in [-0.05, 0) is 53.8 Å². The molecular weight excluding hydrogens is 227 g/mol. The first-order valence-electron chi connectivity index (χ1n) is 6.00. The quantitative estimate of drug-likeness (QED) is 0.738. The molecule has 0 amide bonds. The molecule has 0 atom stereocenters. The standard InChI is InChI=1S/C16H15FO/c1-3-12-4-5-13(9-14(12)10-18)16-7-6-15(17)8-11(16)2/h4-10H,3H2,1-2H3. The number of benzene rings is 2. The van der Waals surface area contributed by atoms with Crippen molar-refractivity contribution in [1.82, 2.24) is 0 Å². The van der Waals surface area contributed by atoms with Crippen molar-refractivity contribution in [1.29, 1.82) is 0 Å². The zero-order valence-corrected chi connectivity index (χ0v) is 10.5. The highest BCUT2D eigenvalue weighted by molar-refractivity contribution is 5.81. The van der Waals surface area contributed by atoms with Crippen LogP contribution in [0.3, 0.4) is 0 Å². The summed E-state index contributed by atoms with van der Waals surface area (Å²) in [6.07, 6.45) is 1.71. The van der Waals surface area contributed by atoms with Gasteiger partial charge in [-0.2, -0.15) is 0 Å². The van der Waals surface area contributed by atoms with Crippen LogP contribution in [0.15, 0.2) is 36.4 Å². The van der Waals surface area contributed by atoms with Crippen molar-refractivity contribution in [2.75, 3.05) is 0 Å². The predicted molar refractivity (Wildman–Crippen MR) is 71.3 cm³/mol. The molecule has 1 nitrogen and oxygen atoms in total. The van der Waals surface area contributed by atoms with E-state index in [4.69, 9.17) is 0 Å². The Labute approximate surface area is 106 Å². The zero-order chi connectivity index (χ0) is 13.1. The second-order valence-corrected chi connectivity index (χ2v) is 4.34. The topological polar surface area (TPSA) is 17.1 Å². The number of aldehydes is 1. The second-order valence-electron chi connectivity index (χ2n) is 4.34. The van der Waals surface area contributed by atoms with Crippen molar-refractivity contribution in [3.63, 3.8) is 0 Å². The van der Waals surface area contributed by atoms with E-state index in [1.54, 1.807) is 6.07 Å². The van der Waals surface area contributed by atoms with Gasteiger partial charge in [-0.15, -0.1) is 0 Å². The van der Waals surface area contributed by atoms with Crippen LogP contribution in [0.25, 0.3) is 11.1 Å². The molecule has 0 bridgehead atoms. The van der Waals surface area contributed by atoms with Crippen molar-refractivity contribution in [2.45, 2.75) is 20.3 Å². The molecule has 0 heterocycles. The van der Waals surface area contributed by atoms with Crippen LogP contribution in [0.1, 0.15) is 28.4 Å². The Morgan fingerprint density at radius 2 is 1.94 bits per heavy atom. The number of halogens is 1. The summed E-state index contributed by atoms with van der Waals surface area (Å²) in [6, 6.07) is 10.5. The zero-order valence-electron chi connectivity index (χ0n) is 10.5. The molecule has 2 rings (SSSR count). The normalized spacial score (nSPS) is 10.4. The van der Waals surface area contributed by atoms with Gasteiger partial charge in [0.1, 0.15) is 12.1 Å². The molecular formula is C16H15FO. The van der Waals surface area contributed by atoms with E-state index in [1.165, 1.54) is 12.1 Å². The Balaban J connectivity index is 2.54. The van der Waals surface area contributed by atoms with Gasteiger partial charge < -0.3 is 0 Å². The summed E-state index contributed by atoms with van der Waals surface area (Å²) in [5.41, 5.74) is 4.53. The van der Waals surface area contributed by atoms with E-state index in [0.29, 0.717) is 5.56 Å². The van der Waals surface area contributed by atoms with E-state index in [0.717, 1.165) is 35.0 Å². The van der Waals surface area contributed by atoms with E-state index >= 15 is 0 Å². The fourth-order valence-corrected chi connectivity index (χ4v) is 2.15. The highest BCUT2D eigenvalue weighted by Gasteiger charge is 2.06. The highest BCUT2D eigenvalue weighted by atomic mass is 19.1. The van der Waals surface area contributed by atoms with Crippen LogP contribution in [0, 0.1) is 12.7 Å². The Kier molecular flexibility index (Phi) is 3.56. The van der Waals surface area contributed by atoms with Crippen LogP contribution in [-0.4, -0.2) is 6.29 Å². The Hall–Kier alpha value is -1.96. The molecule has 0 radical (unpaired) electrons. The lowest BCUT2D eigenvalue weighted by atomic mass is 9.96. The summed E-state index contributed by atoms with van der Waals surface area (Å²) in [5, 5.41) is 0. The lowest BCUT2D eigenvalue weighted by Gasteiger charge is -2.09. The lowest BCUT2D eigenvalue weighted by molar-refractivity contribution is 0.112. The fourth-order valence-electron chi connectivity index (χ4n) is 2.15. The molecule has 0 unspecified atom stereocenters. The third-order valence-corrected chi connectivity index (χ3v) is 3.15. The maximum atomic E-state index is 13.1. The summed E-state index contributed by atoms with van der Waals surface area (Å²) in [4.78, 5) is 11.0. The van der Waals surface area contributed by atoms with Crippen molar-refractivity contribution < 1.29 is 9.18 Å². The summed E-state index contributed by atoms with van der Waals surface area (Å²) >= 11 is 0. The van der Waals surface area contributed by atoms with Gasteiger partial charge in [-0.25, -0.2) is 4.39 Å². The van der Waals surface area contributed by atoms with Gasteiger partial charge in [-0.1, -0.05) is 25.1 Å². The molecule has 0 saturated heterocycles. The Bertz CT molecular complexity index is 588. The maximum Gasteiger partial charge on any atom is 0.150 e. The molecule has 18 heavy (non-hydrogen) atoms. The summed E-state index contributed by atoms with van der Waals surface area (Å²) in [6.45, 7) is 3.89. The second kappa shape index (κ2) is 5.13. The number of carbonyl (C=O) groups is 1. The lowest BCUT2D eigenvalue weighted by Crippen LogP contribution is -1.93. The van der Waals surface area contributed by atoms with Crippen molar-refractivity contribution in [3.8, 4) is 11.1 Å². The molecule has 0 N–H and O–H groups in total. The van der Waals surface area contributed by atoms with E-state index in [-0.39, 0.29) is 5.82 Å². The van der Waals surface area contributed by atoms with E-state index < -0.39 is 0 Å². The summed E-state index contributed by atoms with van der Waals surface area (Å²) in [5.74, 6) is -0.239. The summed E-state index contributed by atoms with van der Waals surface area (Å²) < 4.78 is 13.1. The van der Waals surface area contributed by atoms with Gasteiger partial charge in [0.25, 0.3) is 0 Å². The molecule has 2 aromatic rings. The van der Waals surface area contributed by atoms with Crippen LogP contribution in [0.4, 0.5) is 4.39 Å². The van der Waals surface area contributed by atoms with E-state index in [9.17, 15) is 9.18 Å². The number of carbonyl (C=O) groups excluding carboxylic acids is 1. The van der Waals surface area contributed by atoms with Gasteiger partial charge in [0, 0.05) is 5.56 Å². The van der Waals surface area contributed by atoms with Crippen LogP contribution >= 0.6 is 0 Å². The van der Waals surface area contributed by atoms with Crippen molar-refractivity contribution in [3.05, 3.63) is 58.9 Å². The monoisotopic (exact) mass is 242 g/mol. The van der Waals surface area contributed by atoms with Gasteiger partial charge in [0.15, 0.2) is 0 Å². The van der Waals surface area contributed by atoms with Crippen LogP contribution in [0.2, 0.25) is 0 Å². The first-order chi connectivity index (χ1) is 8.65. The molecule has 0 aromatic heterocycles. The van der Waals surface area contributed by atoms with Gasteiger partial charge in [-0.3, -0.25) is 4.79 Å². The molecule has 92 valence electrons. The van der Waals surface area contributed by atoms with Crippen molar-refractivity contribution in [2.24, 2.45) is 0 Å². The predicted octanol–water partition coefficient (Wildman–Crippen LogP) is 4.18. The third-order valence-electron chi connectivity index (χ3n) is 3.15. The minimum atomic E-state index is -0.239. The number of rotatable bonds is 3. The third kappa shape index (κ3) is 2.33. The molecule has 2 heteroatoms. The summed E-state index contributed by atoms with van der Waals surface area (Å²) in [7, 11) is 0. The first-order valence-corrected chi connectivity index (χ1v) is 6.00.